The Labute approximate surface area is 174 Å². The average molecular weight is 395 g/mol. The molecule has 0 aliphatic carbocycles. The fraction of sp³-hybridized carbons (Fsp3) is 0.208. The smallest absolute Gasteiger partial charge is 0.126 e. The van der Waals surface area contributed by atoms with Gasteiger partial charge in [0.2, 0.25) is 0 Å². The van der Waals surface area contributed by atoms with Gasteiger partial charge in [0.1, 0.15) is 11.4 Å². The second-order valence-corrected chi connectivity index (χ2v) is 7.90. The van der Waals surface area contributed by atoms with Crippen LogP contribution >= 0.6 is 0 Å². The van der Waals surface area contributed by atoms with Gasteiger partial charge in [-0.15, -0.1) is 0 Å². The Balaban J connectivity index is 1.54. The number of aryl methyl sites for hydroxylation is 1. The van der Waals surface area contributed by atoms with Gasteiger partial charge in [-0.2, -0.15) is 10.4 Å². The van der Waals surface area contributed by atoms with Gasteiger partial charge in [0.05, 0.1) is 29.3 Å². The van der Waals surface area contributed by atoms with E-state index in [0.717, 1.165) is 51.3 Å². The van der Waals surface area contributed by atoms with E-state index in [4.69, 9.17) is 4.74 Å². The fourth-order valence-electron chi connectivity index (χ4n) is 4.12. The molecule has 6 nitrogen and oxygen atoms in total. The highest BCUT2D eigenvalue weighted by Crippen LogP contribution is 2.40. The van der Waals surface area contributed by atoms with Gasteiger partial charge in [0, 0.05) is 40.5 Å². The third-order valence-electron chi connectivity index (χ3n) is 5.72. The molecule has 2 aromatic carbocycles. The number of hydrogen-bond acceptors (Lipinski definition) is 5. The van der Waals surface area contributed by atoms with Gasteiger partial charge in [-0.3, -0.25) is 10.1 Å². The van der Waals surface area contributed by atoms with Gasteiger partial charge in [0.15, 0.2) is 0 Å². The lowest BCUT2D eigenvalue weighted by molar-refractivity contribution is 0.238. The van der Waals surface area contributed by atoms with Gasteiger partial charge >= 0.3 is 0 Å². The normalized spacial score (nSPS) is 17.8. The zero-order chi connectivity index (χ0) is 20.7. The minimum absolute atomic E-state index is 0.299. The average Bonchev–Trinajstić information content (AvgIpc) is 3.17. The molecule has 1 atom stereocenters. The first kappa shape index (κ1) is 18.2. The molecule has 30 heavy (non-hydrogen) atoms. The highest BCUT2D eigenvalue weighted by Gasteiger charge is 2.33. The van der Waals surface area contributed by atoms with E-state index in [2.05, 4.69) is 45.6 Å². The van der Waals surface area contributed by atoms with Gasteiger partial charge in [0.25, 0.3) is 0 Å². The van der Waals surface area contributed by atoms with Crippen LogP contribution in [0.4, 0.5) is 5.69 Å². The molecule has 0 radical (unpaired) electrons. The van der Waals surface area contributed by atoms with Crippen LogP contribution in [0.3, 0.4) is 0 Å². The lowest BCUT2D eigenvalue weighted by Crippen LogP contribution is -2.37. The number of nitrogens with one attached hydrogen (secondary N) is 2. The minimum atomic E-state index is -0.299. The van der Waals surface area contributed by atoms with E-state index in [1.807, 2.05) is 49.5 Å². The van der Waals surface area contributed by atoms with Crippen molar-refractivity contribution in [3.05, 3.63) is 71.5 Å². The predicted molar refractivity (Wildman–Crippen MR) is 116 cm³/mol. The van der Waals surface area contributed by atoms with Crippen molar-refractivity contribution in [2.75, 3.05) is 11.9 Å². The van der Waals surface area contributed by atoms with E-state index < -0.39 is 0 Å². The van der Waals surface area contributed by atoms with Crippen LogP contribution in [0, 0.1) is 18.3 Å². The standard InChI is InChI=1S/C24H21N5O/c1-15-11-17(7-9-26-15)23-19-13-18(4-6-21(19)28-29-23)27-24(2)8-10-30-22-12-16(14-25)3-5-20(22)24/h3-7,9,11-13,27H,8,10H2,1-2H3,(H,28,29). The summed E-state index contributed by atoms with van der Waals surface area (Å²) in [6, 6.07) is 18.1. The van der Waals surface area contributed by atoms with Crippen LogP contribution in [-0.4, -0.2) is 21.8 Å². The lowest BCUT2D eigenvalue weighted by Gasteiger charge is -2.37. The Morgan fingerprint density at radius 1 is 1.17 bits per heavy atom. The Morgan fingerprint density at radius 2 is 2.07 bits per heavy atom. The van der Waals surface area contributed by atoms with Crippen molar-refractivity contribution in [3.8, 4) is 23.1 Å². The zero-order valence-electron chi connectivity index (χ0n) is 16.9. The number of benzene rings is 2. The van der Waals surface area contributed by atoms with Gasteiger partial charge < -0.3 is 10.1 Å². The molecular formula is C24H21N5O. The second-order valence-electron chi connectivity index (χ2n) is 7.90. The number of aromatic amines is 1. The number of H-pyrrole nitrogens is 1. The Kier molecular flexibility index (Phi) is 4.18. The molecule has 2 N–H and O–H groups in total. The van der Waals surface area contributed by atoms with Crippen molar-refractivity contribution in [2.24, 2.45) is 0 Å². The first-order chi connectivity index (χ1) is 14.6. The number of fused-ring (bicyclic) bond motifs is 2. The molecule has 0 bridgehead atoms. The van der Waals surface area contributed by atoms with E-state index >= 15 is 0 Å². The van der Waals surface area contributed by atoms with E-state index in [1.54, 1.807) is 0 Å². The monoisotopic (exact) mass is 395 g/mol. The largest absolute Gasteiger partial charge is 0.493 e. The Bertz CT molecular complexity index is 1300. The van der Waals surface area contributed by atoms with Gasteiger partial charge in [-0.05, 0) is 56.3 Å². The van der Waals surface area contributed by atoms with Crippen molar-refractivity contribution >= 4 is 16.6 Å². The van der Waals surface area contributed by atoms with Crippen LogP contribution in [0.1, 0.15) is 30.2 Å². The summed E-state index contributed by atoms with van der Waals surface area (Å²) in [6.45, 7) is 4.75. The first-order valence-corrected chi connectivity index (χ1v) is 9.92. The molecule has 4 aromatic rings. The van der Waals surface area contributed by atoms with Crippen molar-refractivity contribution < 1.29 is 4.74 Å². The van der Waals surface area contributed by atoms with Crippen LogP contribution < -0.4 is 10.1 Å². The van der Waals surface area contributed by atoms with E-state index in [1.165, 1.54) is 0 Å². The molecule has 148 valence electrons. The van der Waals surface area contributed by atoms with Crippen LogP contribution in [0.5, 0.6) is 5.75 Å². The number of nitrogens with zero attached hydrogens (tertiary/aromatic N) is 3. The highest BCUT2D eigenvalue weighted by molar-refractivity contribution is 5.95. The molecule has 0 saturated heterocycles. The fourth-order valence-corrected chi connectivity index (χ4v) is 4.12. The first-order valence-electron chi connectivity index (χ1n) is 9.92. The molecule has 0 fully saturated rings. The Morgan fingerprint density at radius 3 is 2.90 bits per heavy atom. The summed E-state index contributed by atoms with van der Waals surface area (Å²) >= 11 is 0. The van der Waals surface area contributed by atoms with Gasteiger partial charge in [-0.1, -0.05) is 6.07 Å². The molecule has 6 heteroatoms. The van der Waals surface area contributed by atoms with E-state index in [9.17, 15) is 5.26 Å². The van der Waals surface area contributed by atoms with Crippen LogP contribution in [0.25, 0.3) is 22.2 Å². The molecule has 5 rings (SSSR count). The topological polar surface area (TPSA) is 86.6 Å². The minimum Gasteiger partial charge on any atom is -0.493 e. The van der Waals surface area contributed by atoms with E-state index in [0.29, 0.717) is 12.2 Å². The number of nitriles is 1. The summed E-state index contributed by atoms with van der Waals surface area (Å²) in [5.41, 5.74) is 6.28. The molecule has 1 aliphatic rings. The predicted octanol–water partition coefficient (Wildman–Crippen LogP) is 4.91. The molecular weight excluding hydrogens is 374 g/mol. The summed E-state index contributed by atoms with van der Waals surface area (Å²) in [7, 11) is 0. The van der Waals surface area contributed by atoms with Crippen molar-refractivity contribution in [1.82, 2.24) is 15.2 Å². The molecule has 1 aliphatic heterocycles. The number of anilines is 1. The van der Waals surface area contributed by atoms with E-state index in [-0.39, 0.29) is 5.54 Å². The van der Waals surface area contributed by atoms with Crippen LogP contribution in [0.2, 0.25) is 0 Å². The third kappa shape index (κ3) is 3.05. The number of rotatable bonds is 3. The number of hydrogen-bond donors (Lipinski definition) is 2. The molecule has 0 spiro atoms. The molecule has 1 unspecified atom stereocenters. The second kappa shape index (κ2) is 6.89. The van der Waals surface area contributed by atoms with Crippen molar-refractivity contribution in [2.45, 2.75) is 25.8 Å². The summed E-state index contributed by atoms with van der Waals surface area (Å²) in [5.74, 6) is 0.771. The summed E-state index contributed by atoms with van der Waals surface area (Å²) in [6.07, 6.45) is 2.63. The van der Waals surface area contributed by atoms with Crippen molar-refractivity contribution in [3.63, 3.8) is 0 Å². The van der Waals surface area contributed by atoms with Crippen LogP contribution in [-0.2, 0) is 5.54 Å². The highest BCUT2D eigenvalue weighted by atomic mass is 16.5. The lowest BCUT2D eigenvalue weighted by atomic mass is 9.85. The third-order valence-corrected chi connectivity index (χ3v) is 5.72. The maximum Gasteiger partial charge on any atom is 0.126 e. The molecule has 3 heterocycles. The maximum atomic E-state index is 9.19. The number of aromatic nitrogens is 3. The quantitative estimate of drug-likeness (QED) is 0.514. The summed E-state index contributed by atoms with van der Waals surface area (Å²) in [4.78, 5) is 4.29. The number of pyridine rings is 1. The van der Waals surface area contributed by atoms with Gasteiger partial charge in [-0.25, -0.2) is 0 Å². The summed E-state index contributed by atoms with van der Waals surface area (Å²) < 4.78 is 5.83. The molecule has 2 aromatic heterocycles. The van der Waals surface area contributed by atoms with Crippen molar-refractivity contribution in [1.29, 1.82) is 5.26 Å². The Hall–Kier alpha value is -3.85. The SMILES string of the molecule is Cc1cc(-c2n[nH]c3ccc(NC4(C)CCOc5cc(C#N)ccc54)cc23)ccn1. The maximum absolute atomic E-state index is 9.19. The molecule has 0 saturated carbocycles. The molecule has 0 amide bonds. The zero-order valence-corrected chi connectivity index (χ0v) is 16.9. The summed E-state index contributed by atoms with van der Waals surface area (Å²) in [5, 5.41) is 21.6. The number of ether oxygens (including phenoxy) is 1. The van der Waals surface area contributed by atoms with Crippen LogP contribution in [0.15, 0.2) is 54.7 Å².